The van der Waals surface area contributed by atoms with Crippen molar-refractivity contribution >= 4 is 16.7 Å². The number of methoxy groups -OCH3 is 1. The summed E-state index contributed by atoms with van der Waals surface area (Å²) in [5.74, 6) is 1.64. The molecule has 0 radical (unpaired) electrons. The summed E-state index contributed by atoms with van der Waals surface area (Å²) < 4.78 is 11.2. The first-order valence-corrected chi connectivity index (χ1v) is 7.23. The topological polar surface area (TPSA) is 56.3 Å². The van der Waals surface area contributed by atoms with Crippen LogP contribution in [0.4, 0.5) is 5.82 Å². The van der Waals surface area contributed by atoms with Crippen LogP contribution >= 0.6 is 0 Å². The number of rotatable bonds is 3. The third-order valence-corrected chi connectivity index (χ3v) is 4.45. The van der Waals surface area contributed by atoms with Crippen molar-refractivity contribution in [1.29, 1.82) is 0 Å². The predicted molar refractivity (Wildman–Crippen MR) is 82.9 cm³/mol. The third kappa shape index (κ3) is 2.31. The summed E-state index contributed by atoms with van der Waals surface area (Å²) in [5, 5.41) is 4.52. The molecule has 5 nitrogen and oxygen atoms in total. The highest BCUT2D eigenvalue weighted by atomic mass is 16.5. The van der Waals surface area contributed by atoms with Gasteiger partial charge in [0, 0.05) is 12.0 Å². The highest BCUT2D eigenvalue weighted by Gasteiger charge is 2.37. The summed E-state index contributed by atoms with van der Waals surface area (Å²) in [5.41, 5.74) is 1.79. The maximum Gasteiger partial charge on any atom is 0.148 e. The molecule has 2 heterocycles. The zero-order chi connectivity index (χ0) is 15.0. The molecule has 5 heteroatoms. The second-order valence-electron chi connectivity index (χ2n) is 5.84. The molecule has 2 unspecified atom stereocenters. The number of anilines is 1. The van der Waals surface area contributed by atoms with E-state index in [4.69, 9.17) is 9.47 Å². The van der Waals surface area contributed by atoms with E-state index in [0.717, 1.165) is 41.1 Å². The SMILES string of the molecule is COc1c(C)ccc2c(NC3(C)CCOC3C)ncnc12. The summed E-state index contributed by atoms with van der Waals surface area (Å²) in [6.45, 7) is 7.05. The van der Waals surface area contributed by atoms with Crippen LogP contribution in [0.15, 0.2) is 18.5 Å². The lowest BCUT2D eigenvalue weighted by atomic mass is 9.94. The molecule has 0 amide bonds. The molecule has 2 atom stereocenters. The molecule has 3 rings (SSSR count). The Balaban J connectivity index is 2.08. The quantitative estimate of drug-likeness (QED) is 0.940. The molecule has 1 aliphatic heterocycles. The number of nitrogens with zero attached hydrogens (tertiary/aromatic N) is 2. The Labute approximate surface area is 124 Å². The van der Waals surface area contributed by atoms with E-state index < -0.39 is 0 Å². The lowest BCUT2D eigenvalue weighted by molar-refractivity contribution is 0.105. The Morgan fingerprint density at radius 2 is 2.19 bits per heavy atom. The van der Waals surface area contributed by atoms with Crippen LogP contribution in [0, 0.1) is 6.92 Å². The lowest BCUT2D eigenvalue weighted by Gasteiger charge is -2.30. The summed E-state index contributed by atoms with van der Waals surface area (Å²) in [6, 6.07) is 4.08. The van der Waals surface area contributed by atoms with Gasteiger partial charge in [-0.15, -0.1) is 0 Å². The van der Waals surface area contributed by atoms with Crippen molar-refractivity contribution in [3.8, 4) is 5.75 Å². The molecule has 2 aromatic rings. The van der Waals surface area contributed by atoms with Gasteiger partial charge in [0.1, 0.15) is 23.4 Å². The maximum absolute atomic E-state index is 5.69. The molecular formula is C16H21N3O2. The molecule has 1 saturated heterocycles. The minimum atomic E-state index is -0.112. The number of hydrogen-bond donors (Lipinski definition) is 1. The summed E-state index contributed by atoms with van der Waals surface area (Å²) in [7, 11) is 1.67. The van der Waals surface area contributed by atoms with Gasteiger partial charge in [-0.2, -0.15) is 0 Å². The van der Waals surface area contributed by atoms with Crippen LogP contribution in [0.25, 0.3) is 10.9 Å². The average molecular weight is 287 g/mol. The van der Waals surface area contributed by atoms with Gasteiger partial charge in [0.15, 0.2) is 0 Å². The van der Waals surface area contributed by atoms with Crippen LogP contribution in [0.1, 0.15) is 25.8 Å². The first kappa shape index (κ1) is 14.1. The van der Waals surface area contributed by atoms with Crippen LogP contribution in [0.3, 0.4) is 0 Å². The molecule has 1 N–H and O–H groups in total. The Morgan fingerprint density at radius 1 is 1.38 bits per heavy atom. The van der Waals surface area contributed by atoms with E-state index in [-0.39, 0.29) is 11.6 Å². The van der Waals surface area contributed by atoms with Crippen molar-refractivity contribution in [3.05, 3.63) is 24.0 Å². The van der Waals surface area contributed by atoms with Gasteiger partial charge in [0.2, 0.25) is 0 Å². The van der Waals surface area contributed by atoms with Gasteiger partial charge in [-0.3, -0.25) is 0 Å². The van der Waals surface area contributed by atoms with Crippen molar-refractivity contribution in [2.75, 3.05) is 19.0 Å². The summed E-state index contributed by atoms with van der Waals surface area (Å²) >= 11 is 0. The second kappa shape index (κ2) is 5.15. The number of hydrogen-bond acceptors (Lipinski definition) is 5. The minimum absolute atomic E-state index is 0.112. The first-order valence-electron chi connectivity index (χ1n) is 7.23. The minimum Gasteiger partial charge on any atom is -0.494 e. The van der Waals surface area contributed by atoms with E-state index in [1.165, 1.54) is 0 Å². The second-order valence-corrected chi connectivity index (χ2v) is 5.84. The number of aryl methyl sites for hydroxylation is 1. The van der Waals surface area contributed by atoms with Crippen molar-refractivity contribution in [1.82, 2.24) is 9.97 Å². The molecule has 1 aliphatic rings. The Bertz CT molecular complexity index is 674. The molecule has 1 aromatic heterocycles. The smallest absolute Gasteiger partial charge is 0.148 e. The lowest BCUT2D eigenvalue weighted by Crippen LogP contribution is -2.41. The highest BCUT2D eigenvalue weighted by Crippen LogP contribution is 2.34. The number of aromatic nitrogens is 2. The molecular weight excluding hydrogens is 266 g/mol. The zero-order valence-electron chi connectivity index (χ0n) is 12.9. The zero-order valence-corrected chi connectivity index (χ0v) is 12.9. The van der Waals surface area contributed by atoms with Gasteiger partial charge in [0.25, 0.3) is 0 Å². The largest absolute Gasteiger partial charge is 0.494 e. The number of fused-ring (bicyclic) bond motifs is 1. The number of benzene rings is 1. The maximum atomic E-state index is 5.69. The van der Waals surface area contributed by atoms with Crippen LogP contribution in [0.5, 0.6) is 5.75 Å². The molecule has 0 saturated carbocycles. The number of nitrogens with one attached hydrogen (secondary N) is 1. The van der Waals surface area contributed by atoms with E-state index in [1.54, 1.807) is 13.4 Å². The van der Waals surface area contributed by atoms with E-state index in [9.17, 15) is 0 Å². The Hall–Kier alpha value is -1.88. The van der Waals surface area contributed by atoms with Gasteiger partial charge < -0.3 is 14.8 Å². The van der Waals surface area contributed by atoms with Crippen LogP contribution in [-0.2, 0) is 4.74 Å². The number of ether oxygens (including phenoxy) is 2. The Morgan fingerprint density at radius 3 is 2.86 bits per heavy atom. The van der Waals surface area contributed by atoms with Gasteiger partial charge >= 0.3 is 0 Å². The van der Waals surface area contributed by atoms with Crippen molar-refractivity contribution in [2.45, 2.75) is 38.8 Å². The summed E-state index contributed by atoms with van der Waals surface area (Å²) in [6.07, 6.45) is 2.69. The monoisotopic (exact) mass is 287 g/mol. The van der Waals surface area contributed by atoms with Crippen LogP contribution < -0.4 is 10.1 Å². The van der Waals surface area contributed by atoms with Gasteiger partial charge in [-0.05, 0) is 38.8 Å². The third-order valence-electron chi connectivity index (χ3n) is 4.45. The molecule has 1 aromatic carbocycles. The molecule has 0 bridgehead atoms. The van der Waals surface area contributed by atoms with Crippen LogP contribution in [-0.4, -0.2) is 35.3 Å². The van der Waals surface area contributed by atoms with Crippen molar-refractivity contribution < 1.29 is 9.47 Å². The fourth-order valence-corrected chi connectivity index (χ4v) is 2.83. The van der Waals surface area contributed by atoms with Crippen molar-refractivity contribution in [2.24, 2.45) is 0 Å². The first-order chi connectivity index (χ1) is 10.0. The standard InChI is InChI=1S/C16H21N3O2/c1-10-5-6-12-13(14(10)20-4)17-9-18-15(12)19-16(3)7-8-21-11(16)2/h5-6,9,11H,7-8H2,1-4H3,(H,17,18,19). The molecule has 0 aliphatic carbocycles. The van der Waals surface area contributed by atoms with E-state index >= 15 is 0 Å². The molecule has 0 spiro atoms. The normalized spacial score (nSPS) is 25.2. The van der Waals surface area contributed by atoms with Crippen LogP contribution in [0.2, 0.25) is 0 Å². The van der Waals surface area contributed by atoms with Crippen molar-refractivity contribution in [3.63, 3.8) is 0 Å². The molecule has 21 heavy (non-hydrogen) atoms. The van der Waals surface area contributed by atoms with E-state index in [2.05, 4.69) is 29.1 Å². The van der Waals surface area contributed by atoms with Gasteiger partial charge in [-0.25, -0.2) is 9.97 Å². The van der Waals surface area contributed by atoms with E-state index in [1.807, 2.05) is 19.1 Å². The van der Waals surface area contributed by atoms with E-state index in [0.29, 0.717) is 0 Å². The fraction of sp³-hybridized carbons (Fsp3) is 0.500. The average Bonchev–Trinajstić information content (AvgIpc) is 2.78. The molecule has 1 fully saturated rings. The fourth-order valence-electron chi connectivity index (χ4n) is 2.83. The van der Waals surface area contributed by atoms with Gasteiger partial charge in [-0.1, -0.05) is 6.07 Å². The summed E-state index contributed by atoms with van der Waals surface area (Å²) in [4.78, 5) is 8.80. The molecule has 112 valence electrons. The Kier molecular flexibility index (Phi) is 3.45. The highest BCUT2D eigenvalue weighted by molar-refractivity contribution is 5.94. The predicted octanol–water partition coefficient (Wildman–Crippen LogP) is 2.93. The van der Waals surface area contributed by atoms with Gasteiger partial charge in [0.05, 0.1) is 18.8 Å².